The molecule has 3 atom stereocenters. The summed E-state index contributed by atoms with van der Waals surface area (Å²) in [7, 11) is 0. The fourth-order valence-corrected chi connectivity index (χ4v) is 1.25. The summed E-state index contributed by atoms with van der Waals surface area (Å²) in [6, 6.07) is 0.491. The molecule has 0 aromatic carbocycles. The highest BCUT2D eigenvalue weighted by atomic mass is 14.7. The van der Waals surface area contributed by atoms with Crippen LogP contribution in [-0.4, -0.2) is 6.04 Å². The van der Waals surface area contributed by atoms with E-state index in [1.165, 1.54) is 6.42 Å². The minimum atomic E-state index is 0.491. The van der Waals surface area contributed by atoms with Crippen molar-refractivity contribution in [3.8, 4) is 0 Å². The minimum Gasteiger partial charge on any atom is -0.327 e. The van der Waals surface area contributed by atoms with Gasteiger partial charge in [0, 0.05) is 6.04 Å². The molecule has 8 heavy (non-hydrogen) atoms. The molecule has 0 saturated heterocycles. The molecule has 1 rings (SSSR count). The van der Waals surface area contributed by atoms with Crippen molar-refractivity contribution in [3.63, 3.8) is 0 Å². The average molecular weight is 113 g/mol. The molecule has 1 heteroatoms. The Labute approximate surface area is 51.3 Å². The summed E-state index contributed by atoms with van der Waals surface area (Å²) in [5.74, 6) is 1.78. The average Bonchev–Trinajstić information content (AvgIpc) is 2.45. The lowest BCUT2D eigenvalue weighted by molar-refractivity contribution is 0.547. The normalized spacial score (nSPS) is 39.4. The maximum atomic E-state index is 5.77. The van der Waals surface area contributed by atoms with Crippen molar-refractivity contribution in [2.24, 2.45) is 17.6 Å². The van der Waals surface area contributed by atoms with Gasteiger partial charge in [-0.1, -0.05) is 13.8 Å². The van der Waals surface area contributed by atoms with Crippen LogP contribution >= 0.6 is 0 Å². The lowest BCUT2D eigenvalue weighted by atomic mass is 10.1. The van der Waals surface area contributed by atoms with Crippen LogP contribution in [0.3, 0.4) is 0 Å². The zero-order valence-corrected chi connectivity index (χ0v) is 5.72. The standard InChI is InChI=1S/C7H15N/c1-3-7(8)6-4-5(6)2/h5-7H,3-4,8H2,1-2H3/t5?,6?,7-/m0/s1. The predicted molar refractivity (Wildman–Crippen MR) is 35.5 cm³/mol. The molecular weight excluding hydrogens is 98.1 g/mol. The van der Waals surface area contributed by atoms with Crippen molar-refractivity contribution in [3.05, 3.63) is 0 Å². The lowest BCUT2D eigenvalue weighted by Gasteiger charge is -2.04. The Hall–Kier alpha value is -0.0400. The quantitative estimate of drug-likeness (QED) is 0.575. The van der Waals surface area contributed by atoms with E-state index >= 15 is 0 Å². The van der Waals surface area contributed by atoms with Crippen molar-refractivity contribution >= 4 is 0 Å². The smallest absolute Gasteiger partial charge is 0.00671 e. The SMILES string of the molecule is CC[C@H](N)C1CC1C. The second-order valence-electron chi connectivity index (χ2n) is 2.95. The van der Waals surface area contributed by atoms with Gasteiger partial charge in [-0.3, -0.25) is 0 Å². The highest BCUT2D eigenvalue weighted by Crippen LogP contribution is 2.40. The van der Waals surface area contributed by atoms with Gasteiger partial charge in [-0.05, 0) is 24.7 Å². The molecule has 2 N–H and O–H groups in total. The summed E-state index contributed by atoms with van der Waals surface area (Å²) in [6.45, 7) is 4.44. The van der Waals surface area contributed by atoms with Crippen molar-refractivity contribution in [2.45, 2.75) is 32.7 Å². The number of nitrogens with two attached hydrogens (primary N) is 1. The Morgan fingerprint density at radius 3 is 2.38 bits per heavy atom. The Balaban J connectivity index is 2.18. The van der Waals surface area contributed by atoms with Crippen molar-refractivity contribution in [2.75, 3.05) is 0 Å². The van der Waals surface area contributed by atoms with Gasteiger partial charge in [0.05, 0.1) is 0 Å². The van der Waals surface area contributed by atoms with E-state index in [2.05, 4.69) is 13.8 Å². The molecular formula is C7H15N. The van der Waals surface area contributed by atoms with Crippen LogP contribution in [0.15, 0.2) is 0 Å². The molecule has 0 aliphatic heterocycles. The fraction of sp³-hybridized carbons (Fsp3) is 1.00. The zero-order valence-electron chi connectivity index (χ0n) is 5.72. The van der Waals surface area contributed by atoms with E-state index in [0.29, 0.717) is 6.04 Å². The van der Waals surface area contributed by atoms with E-state index in [0.717, 1.165) is 18.3 Å². The highest BCUT2D eigenvalue weighted by Gasteiger charge is 2.36. The summed E-state index contributed by atoms with van der Waals surface area (Å²) >= 11 is 0. The highest BCUT2D eigenvalue weighted by molar-refractivity contribution is 4.89. The van der Waals surface area contributed by atoms with Crippen molar-refractivity contribution in [1.29, 1.82) is 0 Å². The summed E-state index contributed by atoms with van der Waals surface area (Å²) in [6.07, 6.45) is 2.52. The van der Waals surface area contributed by atoms with Gasteiger partial charge >= 0.3 is 0 Å². The lowest BCUT2D eigenvalue weighted by Crippen LogP contribution is -2.21. The second-order valence-corrected chi connectivity index (χ2v) is 2.95. The van der Waals surface area contributed by atoms with Gasteiger partial charge in [-0.2, -0.15) is 0 Å². The van der Waals surface area contributed by atoms with Crippen LogP contribution in [0.5, 0.6) is 0 Å². The fourth-order valence-electron chi connectivity index (χ4n) is 1.25. The molecule has 0 heterocycles. The molecule has 0 spiro atoms. The summed E-state index contributed by atoms with van der Waals surface area (Å²) in [4.78, 5) is 0. The molecule has 0 aromatic rings. The van der Waals surface area contributed by atoms with Crippen LogP contribution in [-0.2, 0) is 0 Å². The van der Waals surface area contributed by atoms with Gasteiger partial charge in [0.25, 0.3) is 0 Å². The first kappa shape index (κ1) is 6.09. The molecule has 1 aliphatic rings. The minimum absolute atomic E-state index is 0.491. The van der Waals surface area contributed by atoms with Gasteiger partial charge in [0.1, 0.15) is 0 Å². The van der Waals surface area contributed by atoms with E-state index in [9.17, 15) is 0 Å². The van der Waals surface area contributed by atoms with Gasteiger partial charge in [0.15, 0.2) is 0 Å². The van der Waals surface area contributed by atoms with Crippen molar-refractivity contribution < 1.29 is 0 Å². The molecule has 1 nitrogen and oxygen atoms in total. The van der Waals surface area contributed by atoms with E-state index in [-0.39, 0.29) is 0 Å². The molecule has 2 unspecified atom stereocenters. The Morgan fingerprint density at radius 2 is 2.25 bits per heavy atom. The molecule has 1 aliphatic carbocycles. The Kier molecular flexibility index (Phi) is 1.57. The zero-order chi connectivity index (χ0) is 6.15. The van der Waals surface area contributed by atoms with E-state index < -0.39 is 0 Å². The van der Waals surface area contributed by atoms with Crippen LogP contribution in [0.4, 0.5) is 0 Å². The van der Waals surface area contributed by atoms with Gasteiger partial charge in [-0.25, -0.2) is 0 Å². The number of rotatable bonds is 2. The molecule has 0 aromatic heterocycles. The first-order valence-corrected chi connectivity index (χ1v) is 3.51. The Morgan fingerprint density at radius 1 is 1.75 bits per heavy atom. The monoisotopic (exact) mass is 113 g/mol. The van der Waals surface area contributed by atoms with Gasteiger partial charge in [-0.15, -0.1) is 0 Å². The molecule has 48 valence electrons. The van der Waals surface area contributed by atoms with Crippen LogP contribution < -0.4 is 5.73 Å². The first-order chi connectivity index (χ1) is 3.75. The third-order valence-corrected chi connectivity index (χ3v) is 2.19. The van der Waals surface area contributed by atoms with Gasteiger partial charge < -0.3 is 5.73 Å². The maximum Gasteiger partial charge on any atom is 0.00671 e. The molecule has 0 bridgehead atoms. The van der Waals surface area contributed by atoms with E-state index in [1.807, 2.05) is 0 Å². The van der Waals surface area contributed by atoms with Crippen LogP contribution in [0.2, 0.25) is 0 Å². The molecule has 0 radical (unpaired) electrons. The largest absolute Gasteiger partial charge is 0.327 e. The third-order valence-electron chi connectivity index (χ3n) is 2.19. The third kappa shape index (κ3) is 1.03. The summed E-state index contributed by atoms with van der Waals surface area (Å²) in [5.41, 5.74) is 5.77. The van der Waals surface area contributed by atoms with E-state index in [4.69, 9.17) is 5.73 Å². The number of hydrogen-bond acceptors (Lipinski definition) is 1. The molecule has 1 fully saturated rings. The molecule has 1 saturated carbocycles. The van der Waals surface area contributed by atoms with E-state index in [1.54, 1.807) is 0 Å². The maximum absolute atomic E-state index is 5.77. The molecule has 0 amide bonds. The number of hydrogen-bond donors (Lipinski definition) is 1. The summed E-state index contributed by atoms with van der Waals surface area (Å²) in [5, 5.41) is 0. The first-order valence-electron chi connectivity index (χ1n) is 3.51. The predicted octanol–water partition coefficient (Wildman–Crippen LogP) is 1.38. The second kappa shape index (κ2) is 2.06. The van der Waals surface area contributed by atoms with Crippen LogP contribution in [0.1, 0.15) is 26.7 Å². The topological polar surface area (TPSA) is 26.0 Å². The summed E-state index contributed by atoms with van der Waals surface area (Å²) < 4.78 is 0. The Bertz CT molecular complexity index is 78.5. The van der Waals surface area contributed by atoms with Gasteiger partial charge in [0.2, 0.25) is 0 Å². The van der Waals surface area contributed by atoms with Crippen molar-refractivity contribution in [1.82, 2.24) is 0 Å². The van der Waals surface area contributed by atoms with Crippen LogP contribution in [0.25, 0.3) is 0 Å². The van der Waals surface area contributed by atoms with Crippen LogP contribution in [0, 0.1) is 11.8 Å².